The predicted octanol–water partition coefficient (Wildman–Crippen LogP) is -1.00. The minimum Gasteiger partial charge on any atom is -0.324 e. The quantitative estimate of drug-likeness (QED) is 0.519. The molecule has 0 aromatic heterocycles. The van der Waals surface area contributed by atoms with Gasteiger partial charge in [-0.1, -0.05) is 0 Å². The minimum absolute atomic E-state index is 0.0139. The molecule has 66 valence electrons. The second-order valence-electron chi connectivity index (χ2n) is 1.92. The highest BCUT2D eigenvalue weighted by Gasteiger charge is 1.84. The lowest BCUT2D eigenvalue weighted by Gasteiger charge is -1.84. The first kappa shape index (κ1) is 12.9. The van der Waals surface area contributed by atoms with Crippen molar-refractivity contribution in [3.05, 3.63) is 0 Å². The van der Waals surface area contributed by atoms with Gasteiger partial charge in [-0.25, -0.2) is 5.90 Å². The molecular formula is C6H14N2O3. The van der Waals surface area contributed by atoms with Gasteiger partial charge in [0.05, 0.1) is 6.54 Å². The van der Waals surface area contributed by atoms with Gasteiger partial charge in [0.2, 0.25) is 0 Å². The van der Waals surface area contributed by atoms with E-state index in [1.165, 1.54) is 13.8 Å². The summed E-state index contributed by atoms with van der Waals surface area (Å²) in [4.78, 5) is 23.5. The molecule has 0 aliphatic carbocycles. The van der Waals surface area contributed by atoms with Crippen LogP contribution in [0.2, 0.25) is 0 Å². The van der Waals surface area contributed by atoms with Gasteiger partial charge < -0.3 is 5.73 Å². The Kier molecular flexibility index (Phi) is 10.8. The van der Waals surface area contributed by atoms with E-state index in [-0.39, 0.29) is 24.7 Å². The Bertz CT molecular complexity index is 125. The molecule has 0 atom stereocenters. The molecule has 0 unspecified atom stereocenters. The number of carbonyl (C=O) groups excluding carboxylic acids is 2. The van der Waals surface area contributed by atoms with Crippen molar-refractivity contribution in [3.63, 3.8) is 0 Å². The third kappa shape index (κ3) is 27.0. The zero-order valence-electron chi connectivity index (χ0n) is 6.79. The van der Waals surface area contributed by atoms with Gasteiger partial charge in [0, 0.05) is 0 Å². The zero-order chi connectivity index (χ0) is 9.28. The summed E-state index contributed by atoms with van der Waals surface area (Å²) in [6, 6.07) is 0. The van der Waals surface area contributed by atoms with E-state index in [0.717, 1.165) is 0 Å². The summed E-state index contributed by atoms with van der Waals surface area (Å²) in [7, 11) is 0. The second kappa shape index (κ2) is 9.22. The third-order valence-corrected chi connectivity index (χ3v) is 0.574. The fourth-order valence-electron chi connectivity index (χ4n) is 0.117. The van der Waals surface area contributed by atoms with Crippen LogP contribution >= 0.6 is 0 Å². The highest BCUT2D eigenvalue weighted by atomic mass is 16.6. The van der Waals surface area contributed by atoms with Crippen molar-refractivity contribution in [2.24, 2.45) is 11.6 Å². The van der Waals surface area contributed by atoms with E-state index in [9.17, 15) is 9.59 Å². The molecule has 4 N–H and O–H groups in total. The van der Waals surface area contributed by atoms with Gasteiger partial charge >= 0.3 is 0 Å². The van der Waals surface area contributed by atoms with E-state index in [1.54, 1.807) is 0 Å². The van der Waals surface area contributed by atoms with Gasteiger partial charge in [0.15, 0.2) is 5.78 Å². The predicted molar refractivity (Wildman–Crippen MR) is 40.6 cm³/mol. The lowest BCUT2D eigenvalue weighted by Crippen LogP contribution is -2.07. The monoisotopic (exact) mass is 162 g/mol. The van der Waals surface area contributed by atoms with Crippen LogP contribution in [0.15, 0.2) is 0 Å². The Morgan fingerprint density at radius 2 is 1.64 bits per heavy atom. The summed E-state index contributed by atoms with van der Waals surface area (Å²) in [5.74, 6) is 4.48. The van der Waals surface area contributed by atoms with Crippen LogP contribution in [0, 0.1) is 0 Å². The maximum absolute atomic E-state index is 9.84. The Morgan fingerprint density at radius 3 is 1.64 bits per heavy atom. The van der Waals surface area contributed by atoms with Gasteiger partial charge in [-0.15, -0.1) is 0 Å². The average molecular weight is 162 g/mol. The molecule has 0 bridgehead atoms. The minimum atomic E-state index is -0.0579. The van der Waals surface area contributed by atoms with E-state index in [0.29, 0.717) is 0 Å². The molecule has 5 heteroatoms. The average Bonchev–Trinajstić information content (AvgIpc) is 1.89. The van der Waals surface area contributed by atoms with E-state index in [4.69, 9.17) is 5.73 Å². The number of nitrogens with two attached hydrogens (primary N) is 2. The summed E-state index contributed by atoms with van der Waals surface area (Å²) in [5.41, 5.74) is 4.82. The molecule has 0 saturated carbocycles. The van der Waals surface area contributed by atoms with Crippen LogP contribution in [0.1, 0.15) is 13.8 Å². The molecule has 11 heavy (non-hydrogen) atoms. The highest BCUT2D eigenvalue weighted by molar-refractivity contribution is 5.77. The summed E-state index contributed by atoms with van der Waals surface area (Å²) in [5, 5.41) is 0. The van der Waals surface area contributed by atoms with Gasteiger partial charge in [-0.05, 0) is 13.8 Å². The maximum atomic E-state index is 9.84. The Morgan fingerprint density at radius 1 is 1.27 bits per heavy atom. The van der Waals surface area contributed by atoms with E-state index in [1.807, 2.05) is 0 Å². The molecule has 0 spiro atoms. The van der Waals surface area contributed by atoms with Crippen LogP contribution in [-0.4, -0.2) is 24.7 Å². The zero-order valence-corrected chi connectivity index (χ0v) is 6.79. The normalized spacial score (nSPS) is 8.00. The van der Waals surface area contributed by atoms with Gasteiger partial charge in [0.25, 0.3) is 0 Å². The number of rotatable bonds is 3. The smallest absolute Gasteiger partial charge is 0.157 e. The Hall–Kier alpha value is -0.780. The van der Waals surface area contributed by atoms with E-state index < -0.39 is 0 Å². The summed E-state index contributed by atoms with van der Waals surface area (Å²) >= 11 is 0. The van der Waals surface area contributed by atoms with Crippen molar-refractivity contribution < 1.29 is 14.4 Å². The molecule has 0 aromatic rings. The molecule has 0 rings (SSSR count). The molecule has 0 saturated heterocycles. The summed E-state index contributed by atoms with van der Waals surface area (Å²) in [6.07, 6.45) is 0. The fraction of sp³-hybridized carbons (Fsp3) is 0.667. The lowest BCUT2D eigenvalue weighted by molar-refractivity contribution is -0.121. The molecule has 5 nitrogen and oxygen atoms in total. The van der Waals surface area contributed by atoms with Crippen molar-refractivity contribution in [2.75, 3.05) is 13.2 Å². The number of Topliss-reactive ketones (excluding diaryl/α,β-unsaturated/α-hetero) is 2. The molecule has 0 aliphatic heterocycles. The number of ketones is 2. The fourth-order valence-corrected chi connectivity index (χ4v) is 0.117. The largest absolute Gasteiger partial charge is 0.324 e. The third-order valence-electron chi connectivity index (χ3n) is 0.574. The van der Waals surface area contributed by atoms with Crippen LogP contribution in [0.4, 0.5) is 0 Å². The van der Waals surface area contributed by atoms with Crippen LogP contribution < -0.4 is 11.6 Å². The van der Waals surface area contributed by atoms with Gasteiger partial charge in [0.1, 0.15) is 12.4 Å². The van der Waals surface area contributed by atoms with Crippen LogP contribution in [0.5, 0.6) is 0 Å². The van der Waals surface area contributed by atoms with E-state index >= 15 is 0 Å². The van der Waals surface area contributed by atoms with Crippen LogP contribution in [-0.2, 0) is 14.4 Å². The number of hydrogen-bond donors (Lipinski definition) is 2. The van der Waals surface area contributed by atoms with Crippen molar-refractivity contribution >= 4 is 11.6 Å². The van der Waals surface area contributed by atoms with E-state index in [2.05, 4.69) is 10.7 Å². The van der Waals surface area contributed by atoms with Gasteiger partial charge in [-0.3, -0.25) is 14.4 Å². The second-order valence-corrected chi connectivity index (χ2v) is 1.92. The lowest BCUT2D eigenvalue weighted by atomic mass is 10.5. The Labute approximate surface area is 65.6 Å². The first-order chi connectivity index (χ1) is 5.04. The molecule has 0 radical (unpaired) electrons. The van der Waals surface area contributed by atoms with Crippen molar-refractivity contribution in [2.45, 2.75) is 13.8 Å². The van der Waals surface area contributed by atoms with Crippen molar-refractivity contribution in [3.8, 4) is 0 Å². The van der Waals surface area contributed by atoms with Crippen LogP contribution in [0.25, 0.3) is 0 Å². The number of hydrogen-bond acceptors (Lipinski definition) is 5. The molecule has 0 amide bonds. The molecule has 0 fully saturated rings. The maximum Gasteiger partial charge on any atom is 0.157 e. The Balaban J connectivity index is 0. The SMILES string of the molecule is CC(=O)CN.CC(=O)CON. The topological polar surface area (TPSA) is 95.4 Å². The van der Waals surface area contributed by atoms with Crippen LogP contribution in [0.3, 0.4) is 0 Å². The first-order valence-electron chi connectivity index (χ1n) is 3.05. The molecule has 0 aromatic carbocycles. The number of carbonyl (C=O) groups is 2. The summed E-state index contributed by atoms with van der Waals surface area (Å²) in [6.45, 7) is 3.05. The molecule has 0 aliphatic rings. The molecular weight excluding hydrogens is 148 g/mol. The van der Waals surface area contributed by atoms with Gasteiger partial charge in [-0.2, -0.15) is 0 Å². The molecule has 0 heterocycles. The summed E-state index contributed by atoms with van der Waals surface area (Å²) < 4.78 is 0. The van der Waals surface area contributed by atoms with Crippen molar-refractivity contribution in [1.82, 2.24) is 0 Å². The standard InChI is InChI=1S/C3H7NO2.C3H7NO/c1-3(5)2-6-4;1-3(5)2-4/h2,4H2,1H3;2,4H2,1H3. The highest BCUT2D eigenvalue weighted by Crippen LogP contribution is 1.62. The first-order valence-corrected chi connectivity index (χ1v) is 3.05. The van der Waals surface area contributed by atoms with Crippen molar-refractivity contribution in [1.29, 1.82) is 0 Å².